The Morgan fingerprint density at radius 2 is 1.82 bits per heavy atom. The zero-order valence-corrected chi connectivity index (χ0v) is 20.0. The zero-order chi connectivity index (χ0) is 22.7. The Balaban J connectivity index is 1.30. The Morgan fingerprint density at radius 1 is 0.912 bits per heavy atom. The molecule has 0 N–H and O–H groups in total. The third-order valence-corrected chi connectivity index (χ3v) is 7.69. The van der Waals surface area contributed by atoms with Crippen LogP contribution in [0.4, 0.5) is 0 Å². The molecule has 1 atom stereocenters. The van der Waals surface area contributed by atoms with Gasteiger partial charge in [0.15, 0.2) is 5.58 Å². The van der Waals surface area contributed by atoms with Gasteiger partial charge in [0.25, 0.3) is 0 Å². The van der Waals surface area contributed by atoms with Gasteiger partial charge in [-0.1, -0.05) is 30.7 Å². The lowest BCUT2D eigenvalue weighted by Crippen LogP contribution is -2.36. The molecule has 1 saturated heterocycles. The highest BCUT2D eigenvalue weighted by molar-refractivity contribution is 6.05. The second-order valence-corrected chi connectivity index (χ2v) is 9.91. The van der Waals surface area contributed by atoms with E-state index in [1.54, 1.807) is 0 Å². The van der Waals surface area contributed by atoms with E-state index < -0.39 is 0 Å². The molecule has 34 heavy (non-hydrogen) atoms. The summed E-state index contributed by atoms with van der Waals surface area (Å²) in [5, 5.41) is 2.33. The van der Waals surface area contributed by atoms with Crippen LogP contribution < -0.4 is 0 Å². The molecular formula is C29H34N4O. The first-order valence-electron chi connectivity index (χ1n) is 13.0. The van der Waals surface area contributed by atoms with Crippen molar-refractivity contribution >= 4 is 21.9 Å². The summed E-state index contributed by atoms with van der Waals surface area (Å²) in [5.74, 6) is 0. The Kier molecular flexibility index (Phi) is 6.30. The topological polar surface area (TPSA) is 45.4 Å². The van der Waals surface area contributed by atoms with Crippen molar-refractivity contribution in [3.63, 3.8) is 0 Å². The van der Waals surface area contributed by atoms with Crippen molar-refractivity contribution < 1.29 is 4.42 Å². The van der Waals surface area contributed by atoms with Gasteiger partial charge in [-0.25, -0.2) is 0 Å². The third kappa shape index (κ3) is 4.35. The first kappa shape index (κ1) is 21.8. The van der Waals surface area contributed by atoms with E-state index in [1.165, 1.54) is 68.4 Å². The largest absolute Gasteiger partial charge is 0.454 e. The van der Waals surface area contributed by atoms with Crippen molar-refractivity contribution in [1.82, 2.24) is 19.8 Å². The lowest BCUT2D eigenvalue weighted by Gasteiger charge is -2.35. The number of piperidine rings is 1. The summed E-state index contributed by atoms with van der Waals surface area (Å²) in [6.07, 6.45) is 12.7. The molecule has 3 aromatic heterocycles. The number of furan rings is 1. The SMILES string of the molecule is c1cnc2c(c1)CCC[C@@H]2N(CCCN1CCCCC1)Cc1nccc2c1oc1ccccc12. The summed E-state index contributed by atoms with van der Waals surface area (Å²) in [6.45, 7) is 5.54. The van der Waals surface area contributed by atoms with Crippen molar-refractivity contribution in [1.29, 1.82) is 0 Å². The minimum Gasteiger partial charge on any atom is -0.454 e. The maximum absolute atomic E-state index is 6.33. The fraction of sp³-hybridized carbons (Fsp3) is 0.448. The van der Waals surface area contributed by atoms with E-state index in [4.69, 9.17) is 14.4 Å². The molecule has 2 aliphatic rings. The molecule has 0 unspecified atom stereocenters. The zero-order valence-electron chi connectivity index (χ0n) is 20.0. The van der Waals surface area contributed by atoms with Gasteiger partial charge in [0.05, 0.1) is 17.4 Å². The first-order chi connectivity index (χ1) is 16.9. The molecule has 5 heteroatoms. The average molecular weight is 455 g/mol. The van der Waals surface area contributed by atoms with Crippen LogP contribution in [0.25, 0.3) is 21.9 Å². The molecule has 0 bridgehead atoms. The Hall–Kier alpha value is -2.76. The number of benzene rings is 1. The lowest BCUT2D eigenvalue weighted by molar-refractivity contribution is 0.146. The minimum atomic E-state index is 0.341. The van der Waals surface area contributed by atoms with Crippen LogP contribution in [0, 0.1) is 0 Å². The fourth-order valence-corrected chi connectivity index (χ4v) is 5.98. The van der Waals surface area contributed by atoms with E-state index in [0.29, 0.717) is 6.04 Å². The summed E-state index contributed by atoms with van der Waals surface area (Å²) in [5.41, 5.74) is 5.59. The fourth-order valence-electron chi connectivity index (χ4n) is 5.98. The van der Waals surface area contributed by atoms with Crippen LogP contribution in [0.2, 0.25) is 0 Å². The predicted octanol–water partition coefficient (Wildman–Crippen LogP) is 6.13. The molecule has 5 nitrogen and oxygen atoms in total. The normalized spacial score (nSPS) is 19.1. The molecule has 4 heterocycles. The van der Waals surface area contributed by atoms with Gasteiger partial charge in [-0.05, 0) is 81.9 Å². The van der Waals surface area contributed by atoms with Gasteiger partial charge < -0.3 is 9.32 Å². The van der Waals surface area contributed by atoms with E-state index in [2.05, 4.69) is 46.2 Å². The molecule has 1 fully saturated rings. The molecule has 176 valence electrons. The number of hydrogen-bond donors (Lipinski definition) is 0. The Bertz CT molecular complexity index is 1260. The van der Waals surface area contributed by atoms with E-state index in [1.807, 2.05) is 18.5 Å². The van der Waals surface area contributed by atoms with Crippen molar-refractivity contribution in [3.8, 4) is 0 Å². The molecule has 1 aromatic carbocycles. The van der Waals surface area contributed by atoms with Crippen molar-refractivity contribution in [2.45, 2.75) is 57.5 Å². The highest BCUT2D eigenvalue weighted by Crippen LogP contribution is 2.36. The van der Waals surface area contributed by atoms with E-state index in [9.17, 15) is 0 Å². The van der Waals surface area contributed by atoms with Gasteiger partial charge in [-0.15, -0.1) is 0 Å². The van der Waals surface area contributed by atoms with Crippen LogP contribution in [0.5, 0.6) is 0 Å². The highest BCUT2D eigenvalue weighted by atomic mass is 16.3. The molecule has 1 aliphatic heterocycles. The van der Waals surface area contributed by atoms with Crippen LogP contribution in [0.1, 0.15) is 61.5 Å². The number of aryl methyl sites for hydroxylation is 1. The van der Waals surface area contributed by atoms with Gasteiger partial charge in [-0.2, -0.15) is 0 Å². The molecule has 0 spiro atoms. The third-order valence-electron chi connectivity index (χ3n) is 7.69. The molecular weight excluding hydrogens is 420 g/mol. The molecule has 0 amide bonds. The number of likely N-dealkylation sites (tertiary alicyclic amines) is 1. The number of pyridine rings is 2. The number of aromatic nitrogens is 2. The summed E-state index contributed by atoms with van der Waals surface area (Å²) >= 11 is 0. The van der Waals surface area contributed by atoms with Gasteiger partial charge in [-0.3, -0.25) is 14.9 Å². The van der Waals surface area contributed by atoms with Gasteiger partial charge in [0.1, 0.15) is 5.58 Å². The standard InChI is InChI=1S/C29H34N4O/c1-4-17-32(18-5-1)19-8-20-33(26-12-6-9-22-10-7-15-31-28(22)26)21-25-29-24(14-16-30-25)23-11-2-3-13-27(23)34-29/h2-3,7,10-11,13-16,26H,1,4-6,8-9,12,17-21H2/t26-/m0/s1. The molecule has 4 aromatic rings. The maximum atomic E-state index is 6.33. The number of rotatable bonds is 7. The predicted molar refractivity (Wildman–Crippen MR) is 137 cm³/mol. The Labute approximate surface area is 201 Å². The number of nitrogens with zero attached hydrogens (tertiary/aromatic N) is 4. The smallest absolute Gasteiger partial charge is 0.158 e. The van der Waals surface area contributed by atoms with E-state index in [0.717, 1.165) is 48.2 Å². The van der Waals surface area contributed by atoms with Crippen LogP contribution in [-0.4, -0.2) is 45.9 Å². The van der Waals surface area contributed by atoms with E-state index >= 15 is 0 Å². The molecule has 6 rings (SSSR count). The van der Waals surface area contributed by atoms with Crippen molar-refractivity contribution in [2.24, 2.45) is 0 Å². The van der Waals surface area contributed by atoms with Gasteiger partial charge in [0, 0.05) is 36.3 Å². The monoisotopic (exact) mass is 454 g/mol. The van der Waals surface area contributed by atoms with Crippen molar-refractivity contribution in [2.75, 3.05) is 26.2 Å². The van der Waals surface area contributed by atoms with Crippen molar-refractivity contribution in [3.05, 3.63) is 71.8 Å². The minimum absolute atomic E-state index is 0.341. The second kappa shape index (κ2) is 9.85. The summed E-state index contributed by atoms with van der Waals surface area (Å²) < 4.78 is 6.33. The highest BCUT2D eigenvalue weighted by Gasteiger charge is 2.28. The van der Waals surface area contributed by atoms with Crippen LogP contribution in [0.3, 0.4) is 0 Å². The van der Waals surface area contributed by atoms with Crippen LogP contribution in [-0.2, 0) is 13.0 Å². The lowest BCUT2D eigenvalue weighted by atomic mass is 9.90. The molecule has 0 radical (unpaired) electrons. The van der Waals surface area contributed by atoms with Crippen LogP contribution >= 0.6 is 0 Å². The van der Waals surface area contributed by atoms with Gasteiger partial charge in [0.2, 0.25) is 0 Å². The number of fused-ring (bicyclic) bond motifs is 4. The number of hydrogen-bond acceptors (Lipinski definition) is 5. The quantitative estimate of drug-likeness (QED) is 0.336. The maximum Gasteiger partial charge on any atom is 0.158 e. The first-order valence-corrected chi connectivity index (χ1v) is 13.0. The Morgan fingerprint density at radius 3 is 2.76 bits per heavy atom. The summed E-state index contributed by atoms with van der Waals surface area (Å²) in [7, 11) is 0. The van der Waals surface area contributed by atoms with Gasteiger partial charge >= 0.3 is 0 Å². The molecule has 0 saturated carbocycles. The molecule has 1 aliphatic carbocycles. The summed E-state index contributed by atoms with van der Waals surface area (Å²) in [6, 6.07) is 15.1. The number of para-hydroxylation sites is 1. The average Bonchev–Trinajstić information content (AvgIpc) is 3.28. The summed E-state index contributed by atoms with van der Waals surface area (Å²) in [4.78, 5) is 15.0. The van der Waals surface area contributed by atoms with Crippen LogP contribution in [0.15, 0.2) is 59.3 Å². The second-order valence-electron chi connectivity index (χ2n) is 9.91. The van der Waals surface area contributed by atoms with E-state index in [-0.39, 0.29) is 0 Å².